The molecule has 1 aromatic heterocycles. The molecule has 6 heteroatoms. The van der Waals surface area contributed by atoms with E-state index in [1.54, 1.807) is 0 Å². The van der Waals surface area contributed by atoms with Crippen molar-refractivity contribution in [3.8, 4) is 0 Å². The van der Waals surface area contributed by atoms with E-state index in [-0.39, 0.29) is 24.3 Å². The maximum Gasteiger partial charge on any atom is 0.375 e. The number of ether oxygens (including phenoxy) is 1. The van der Waals surface area contributed by atoms with Gasteiger partial charge in [0.15, 0.2) is 6.61 Å². The molecule has 1 amide bonds. The fourth-order valence-corrected chi connectivity index (χ4v) is 5.91. The number of amides is 1. The van der Waals surface area contributed by atoms with Crippen LogP contribution in [0.25, 0.3) is 11.0 Å². The molecule has 2 fully saturated rings. The lowest BCUT2D eigenvalue weighted by Gasteiger charge is -2.22. The summed E-state index contributed by atoms with van der Waals surface area (Å²) >= 11 is 1.90. The van der Waals surface area contributed by atoms with E-state index in [4.69, 9.17) is 9.15 Å². The van der Waals surface area contributed by atoms with E-state index in [0.717, 1.165) is 42.4 Å². The second-order valence-electron chi connectivity index (χ2n) is 8.46. The highest BCUT2D eigenvalue weighted by Crippen LogP contribution is 2.35. The van der Waals surface area contributed by atoms with Crippen LogP contribution < -0.4 is 5.32 Å². The number of esters is 1. The van der Waals surface area contributed by atoms with Crippen LogP contribution in [0.1, 0.15) is 80.3 Å². The minimum Gasteiger partial charge on any atom is -0.450 e. The van der Waals surface area contributed by atoms with Gasteiger partial charge in [0, 0.05) is 28.0 Å². The van der Waals surface area contributed by atoms with Crippen molar-refractivity contribution in [3.63, 3.8) is 0 Å². The van der Waals surface area contributed by atoms with E-state index in [0.29, 0.717) is 10.8 Å². The average molecular weight is 430 g/mol. The molecule has 2 saturated carbocycles. The molecule has 4 rings (SSSR count). The van der Waals surface area contributed by atoms with Crippen LogP contribution in [0, 0.1) is 0 Å². The second-order valence-corrected chi connectivity index (χ2v) is 9.74. The molecule has 1 aromatic carbocycles. The van der Waals surface area contributed by atoms with Crippen LogP contribution in [0.5, 0.6) is 0 Å². The maximum atomic E-state index is 12.8. The Morgan fingerprint density at radius 2 is 1.70 bits per heavy atom. The van der Waals surface area contributed by atoms with Crippen molar-refractivity contribution in [1.82, 2.24) is 5.32 Å². The number of rotatable bonds is 7. The second kappa shape index (κ2) is 10.4. The van der Waals surface area contributed by atoms with Crippen LogP contribution in [-0.2, 0) is 15.3 Å². The van der Waals surface area contributed by atoms with Gasteiger partial charge in [0.2, 0.25) is 5.76 Å². The summed E-state index contributed by atoms with van der Waals surface area (Å²) in [4.78, 5) is 25.0. The Balaban J connectivity index is 1.40. The van der Waals surface area contributed by atoms with Crippen LogP contribution in [0.4, 0.5) is 0 Å². The van der Waals surface area contributed by atoms with Gasteiger partial charge in [-0.15, -0.1) is 0 Å². The molecular formula is C24H31NO4S. The minimum atomic E-state index is -0.552. The van der Waals surface area contributed by atoms with Gasteiger partial charge in [-0.3, -0.25) is 4.79 Å². The smallest absolute Gasteiger partial charge is 0.375 e. The number of hydrogen-bond donors (Lipinski definition) is 1. The van der Waals surface area contributed by atoms with Crippen molar-refractivity contribution in [1.29, 1.82) is 0 Å². The van der Waals surface area contributed by atoms with Gasteiger partial charge < -0.3 is 14.5 Å². The van der Waals surface area contributed by atoms with E-state index in [1.165, 1.54) is 38.5 Å². The molecule has 0 aliphatic heterocycles. The number of carbonyl (C=O) groups is 2. The van der Waals surface area contributed by atoms with Crippen LogP contribution in [0.3, 0.4) is 0 Å². The summed E-state index contributed by atoms with van der Waals surface area (Å²) in [5.74, 6) is 0.180. The third-order valence-corrected chi connectivity index (χ3v) is 7.60. The van der Waals surface area contributed by atoms with Crippen LogP contribution in [0.2, 0.25) is 0 Å². The van der Waals surface area contributed by atoms with Crippen molar-refractivity contribution in [3.05, 3.63) is 35.6 Å². The van der Waals surface area contributed by atoms with Gasteiger partial charge in [0.05, 0.1) is 0 Å². The predicted molar refractivity (Wildman–Crippen MR) is 120 cm³/mol. The zero-order valence-corrected chi connectivity index (χ0v) is 18.3. The molecule has 30 heavy (non-hydrogen) atoms. The van der Waals surface area contributed by atoms with E-state index in [1.807, 2.05) is 36.0 Å². The first-order valence-corrected chi connectivity index (χ1v) is 12.3. The predicted octanol–water partition coefficient (Wildman–Crippen LogP) is 5.60. The van der Waals surface area contributed by atoms with Gasteiger partial charge in [0.25, 0.3) is 5.91 Å². The largest absolute Gasteiger partial charge is 0.450 e. The van der Waals surface area contributed by atoms with Gasteiger partial charge >= 0.3 is 5.97 Å². The number of para-hydroxylation sites is 1. The molecule has 2 aromatic rings. The number of fused-ring (bicyclic) bond motifs is 1. The summed E-state index contributed by atoms with van der Waals surface area (Å²) in [6.07, 6.45) is 11.9. The number of carbonyl (C=O) groups excluding carboxylic acids is 2. The SMILES string of the molecule is O=C(COC(=O)c1oc2ccccc2c1CSC1CCCCC1)NC1CCCCC1. The number of hydrogen-bond acceptors (Lipinski definition) is 5. The lowest BCUT2D eigenvalue weighted by atomic mass is 9.95. The first-order chi connectivity index (χ1) is 14.7. The molecule has 5 nitrogen and oxygen atoms in total. The minimum absolute atomic E-state index is 0.207. The first kappa shape index (κ1) is 21.3. The Morgan fingerprint density at radius 3 is 2.47 bits per heavy atom. The van der Waals surface area contributed by atoms with E-state index in [9.17, 15) is 9.59 Å². The third kappa shape index (κ3) is 5.39. The quantitative estimate of drug-likeness (QED) is 0.580. The van der Waals surface area contributed by atoms with E-state index in [2.05, 4.69) is 5.32 Å². The fourth-order valence-electron chi connectivity index (χ4n) is 4.55. The Kier molecular flexibility index (Phi) is 7.37. The molecule has 1 heterocycles. The molecule has 0 spiro atoms. The van der Waals surface area contributed by atoms with Gasteiger partial charge in [-0.1, -0.05) is 56.7 Å². The highest BCUT2D eigenvalue weighted by atomic mass is 32.2. The van der Waals surface area contributed by atoms with Gasteiger partial charge in [-0.05, 0) is 31.7 Å². The molecule has 0 atom stereocenters. The van der Waals surface area contributed by atoms with Crippen LogP contribution >= 0.6 is 11.8 Å². The standard InChI is InChI=1S/C24H31NO4S/c26-22(25-17-9-3-1-4-10-17)15-28-24(27)23-20(16-30-18-11-5-2-6-12-18)19-13-7-8-14-21(19)29-23/h7-8,13-14,17-18H,1-6,9-12,15-16H2,(H,25,26). The highest BCUT2D eigenvalue weighted by molar-refractivity contribution is 7.99. The van der Waals surface area contributed by atoms with Crippen molar-refractivity contribution in [2.45, 2.75) is 81.3 Å². The summed E-state index contributed by atoms with van der Waals surface area (Å²) in [6.45, 7) is -0.262. The maximum absolute atomic E-state index is 12.8. The third-order valence-electron chi connectivity index (χ3n) is 6.20. The van der Waals surface area contributed by atoms with Gasteiger partial charge in [-0.25, -0.2) is 4.79 Å². The zero-order valence-electron chi connectivity index (χ0n) is 17.5. The van der Waals surface area contributed by atoms with E-state index >= 15 is 0 Å². The number of furan rings is 1. The summed E-state index contributed by atoms with van der Waals surface area (Å²) in [7, 11) is 0. The zero-order chi connectivity index (χ0) is 20.8. The Labute approximate surface area is 182 Å². The molecule has 162 valence electrons. The monoisotopic (exact) mass is 429 g/mol. The van der Waals surface area contributed by atoms with Crippen molar-refractivity contribution >= 4 is 34.6 Å². The normalized spacial score (nSPS) is 18.4. The summed E-state index contributed by atoms with van der Waals surface area (Å²) < 4.78 is 11.2. The summed E-state index contributed by atoms with van der Waals surface area (Å²) in [5, 5.41) is 4.58. The first-order valence-electron chi connectivity index (χ1n) is 11.3. The summed E-state index contributed by atoms with van der Waals surface area (Å²) in [5.41, 5.74) is 1.58. The van der Waals surface area contributed by atoms with Gasteiger partial charge in [-0.2, -0.15) is 11.8 Å². The number of nitrogens with one attached hydrogen (secondary N) is 1. The Morgan fingerprint density at radius 1 is 1.00 bits per heavy atom. The molecule has 2 aliphatic rings. The molecule has 1 N–H and O–H groups in total. The number of thioether (sulfide) groups is 1. The highest BCUT2D eigenvalue weighted by Gasteiger charge is 2.24. The molecule has 0 saturated heterocycles. The molecular weight excluding hydrogens is 398 g/mol. The van der Waals surface area contributed by atoms with Crippen molar-refractivity contribution in [2.24, 2.45) is 0 Å². The van der Waals surface area contributed by atoms with Crippen molar-refractivity contribution in [2.75, 3.05) is 6.61 Å². The molecule has 0 radical (unpaired) electrons. The summed E-state index contributed by atoms with van der Waals surface area (Å²) in [6, 6.07) is 7.92. The fraction of sp³-hybridized carbons (Fsp3) is 0.583. The van der Waals surface area contributed by atoms with E-state index < -0.39 is 5.97 Å². The molecule has 0 unspecified atom stereocenters. The molecule has 0 bridgehead atoms. The topological polar surface area (TPSA) is 68.5 Å². The lowest BCUT2D eigenvalue weighted by molar-refractivity contribution is -0.125. The van der Waals surface area contributed by atoms with Crippen LogP contribution in [-0.4, -0.2) is 29.8 Å². The number of benzene rings is 1. The Hall–Kier alpha value is -1.95. The van der Waals surface area contributed by atoms with Crippen molar-refractivity contribution < 1.29 is 18.7 Å². The van der Waals surface area contributed by atoms with Gasteiger partial charge in [0.1, 0.15) is 5.58 Å². The van der Waals surface area contributed by atoms with Crippen LogP contribution in [0.15, 0.2) is 28.7 Å². The lowest BCUT2D eigenvalue weighted by Crippen LogP contribution is -2.38. The Bertz CT molecular complexity index is 865. The average Bonchev–Trinajstić information content (AvgIpc) is 3.16. The molecule has 2 aliphatic carbocycles.